The molecular weight excluding hydrogens is 224 g/mol. The highest BCUT2D eigenvalue weighted by molar-refractivity contribution is 6.00. The van der Waals surface area contributed by atoms with Gasteiger partial charge in [-0.05, 0) is 31.4 Å². The Morgan fingerprint density at radius 3 is 2.78 bits per heavy atom. The highest BCUT2D eigenvalue weighted by atomic mass is 16.2. The molecule has 18 heavy (non-hydrogen) atoms. The molecule has 2 fully saturated rings. The van der Waals surface area contributed by atoms with Gasteiger partial charge in [0.1, 0.15) is 0 Å². The van der Waals surface area contributed by atoms with Gasteiger partial charge in [-0.2, -0.15) is 0 Å². The molecule has 1 amide bonds. The summed E-state index contributed by atoms with van der Waals surface area (Å²) in [6, 6.07) is 10.2. The zero-order valence-corrected chi connectivity index (χ0v) is 10.9. The Kier molecular flexibility index (Phi) is 3.08. The van der Waals surface area contributed by atoms with Gasteiger partial charge >= 0.3 is 0 Å². The monoisotopic (exact) mass is 244 g/mol. The fourth-order valence-corrected chi connectivity index (χ4v) is 3.31. The van der Waals surface area contributed by atoms with E-state index in [2.05, 4.69) is 11.8 Å². The maximum atomic E-state index is 12.6. The summed E-state index contributed by atoms with van der Waals surface area (Å²) in [5.41, 5.74) is 1.05. The number of carbonyl (C=O) groups excluding carboxylic acids is 1. The number of fused-ring (bicyclic) bond motifs is 1. The minimum Gasteiger partial charge on any atom is -0.295 e. The van der Waals surface area contributed by atoms with Crippen molar-refractivity contribution in [3.63, 3.8) is 0 Å². The third kappa shape index (κ3) is 1.74. The summed E-state index contributed by atoms with van der Waals surface area (Å²) in [7, 11) is 0. The van der Waals surface area contributed by atoms with Crippen LogP contribution in [0.5, 0.6) is 0 Å². The van der Waals surface area contributed by atoms with Gasteiger partial charge in [0.15, 0.2) is 0 Å². The lowest BCUT2D eigenvalue weighted by Gasteiger charge is -2.29. The first kappa shape index (κ1) is 11.7. The molecule has 0 bridgehead atoms. The first-order valence-corrected chi connectivity index (χ1v) is 6.97. The van der Waals surface area contributed by atoms with Crippen molar-refractivity contribution in [2.75, 3.05) is 11.4 Å². The van der Waals surface area contributed by atoms with E-state index in [1.54, 1.807) is 0 Å². The standard InChI is InChI=1S/C15H20N2O/c1-2-7-14-16-11-6-10-13(16)15(18)17(14)12-8-4-3-5-9-12/h3-5,8-9,13-14H,2,6-7,10-11H2,1H3/t13-,14-/m0/s1. The van der Waals surface area contributed by atoms with Crippen molar-refractivity contribution in [1.29, 1.82) is 0 Å². The number of hydrogen-bond donors (Lipinski definition) is 0. The normalized spacial score (nSPS) is 27.8. The molecule has 96 valence electrons. The van der Waals surface area contributed by atoms with Crippen LogP contribution in [0.4, 0.5) is 5.69 Å². The van der Waals surface area contributed by atoms with E-state index in [9.17, 15) is 4.79 Å². The molecule has 2 atom stereocenters. The molecule has 0 saturated carbocycles. The molecule has 0 unspecified atom stereocenters. The second-order valence-electron chi connectivity index (χ2n) is 5.21. The Morgan fingerprint density at radius 2 is 2.06 bits per heavy atom. The van der Waals surface area contributed by atoms with E-state index >= 15 is 0 Å². The van der Waals surface area contributed by atoms with E-state index in [1.807, 2.05) is 35.2 Å². The number of anilines is 1. The summed E-state index contributed by atoms with van der Waals surface area (Å²) >= 11 is 0. The molecule has 0 N–H and O–H groups in total. The van der Waals surface area contributed by atoms with Crippen molar-refractivity contribution >= 4 is 11.6 Å². The number of nitrogens with zero attached hydrogens (tertiary/aromatic N) is 2. The number of hydrogen-bond acceptors (Lipinski definition) is 2. The first-order chi connectivity index (χ1) is 8.83. The molecule has 2 aliphatic heterocycles. The molecule has 3 heteroatoms. The summed E-state index contributed by atoms with van der Waals surface area (Å²) in [5.74, 6) is 0.303. The number of benzene rings is 1. The lowest BCUT2D eigenvalue weighted by atomic mass is 10.2. The Labute approximate surface area is 108 Å². The zero-order chi connectivity index (χ0) is 12.5. The van der Waals surface area contributed by atoms with Crippen LogP contribution in [0.25, 0.3) is 0 Å². The van der Waals surface area contributed by atoms with Crippen LogP contribution in [0.3, 0.4) is 0 Å². The van der Waals surface area contributed by atoms with Gasteiger partial charge in [0, 0.05) is 12.2 Å². The summed E-state index contributed by atoms with van der Waals surface area (Å²) in [6.45, 7) is 3.27. The van der Waals surface area contributed by atoms with Crippen molar-refractivity contribution in [2.24, 2.45) is 0 Å². The van der Waals surface area contributed by atoms with Crippen molar-refractivity contribution < 1.29 is 4.79 Å². The van der Waals surface area contributed by atoms with Gasteiger partial charge in [-0.3, -0.25) is 14.6 Å². The van der Waals surface area contributed by atoms with Gasteiger partial charge in [-0.1, -0.05) is 31.5 Å². The molecule has 2 saturated heterocycles. The van der Waals surface area contributed by atoms with Gasteiger partial charge in [0.25, 0.3) is 0 Å². The quantitative estimate of drug-likeness (QED) is 0.816. The van der Waals surface area contributed by atoms with Crippen LogP contribution >= 0.6 is 0 Å². The second kappa shape index (κ2) is 4.73. The van der Waals surface area contributed by atoms with E-state index in [4.69, 9.17) is 0 Å². The smallest absolute Gasteiger partial charge is 0.245 e. The molecule has 0 spiro atoms. The predicted molar refractivity (Wildman–Crippen MR) is 72.4 cm³/mol. The molecule has 2 heterocycles. The summed E-state index contributed by atoms with van der Waals surface area (Å²) in [6.07, 6.45) is 4.65. The van der Waals surface area contributed by atoms with Gasteiger partial charge < -0.3 is 0 Å². The average molecular weight is 244 g/mol. The number of rotatable bonds is 3. The van der Waals surface area contributed by atoms with Crippen LogP contribution in [0, 0.1) is 0 Å². The van der Waals surface area contributed by atoms with Crippen molar-refractivity contribution in [1.82, 2.24) is 4.90 Å². The predicted octanol–water partition coefficient (Wildman–Crippen LogP) is 2.62. The minimum absolute atomic E-state index is 0.141. The molecule has 1 aromatic carbocycles. The Morgan fingerprint density at radius 1 is 1.28 bits per heavy atom. The first-order valence-electron chi connectivity index (χ1n) is 6.97. The zero-order valence-electron chi connectivity index (χ0n) is 10.9. The lowest BCUT2D eigenvalue weighted by Crippen LogP contribution is -2.39. The Hall–Kier alpha value is -1.35. The van der Waals surface area contributed by atoms with E-state index < -0.39 is 0 Å². The van der Waals surface area contributed by atoms with Crippen LogP contribution < -0.4 is 4.90 Å². The van der Waals surface area contributed by atoms with Crippen molar-refractivity contribution in [2.45, 2.75) is 44.8 Å². The van der Waals surface area contributed by atoms with Gasteiger partial charge in [-0.25, -0.2) is 0 Å². The van der Waals surface area contributed by atoms with Crippen molar-refractivity contribution in [3.05, 3.63) is 30.3 Å². The third-order valence-electron chi connectivity index (χ3n) is 4.08. The average Bonchev–Trinajstić information content (AvgIpc) is 2.96. The number of carbonyl (C=O) groups is 1. The SMILES string of the molecule is CCC[C@@H]1N(c2ccccc2)C(=O)[C@@H]2CCCN12. The molecule has 0 aromatic heterocycles. The highest BCUT2D eigenvalue weighted by Gasteiger charge is 2.47. The lowest BCUT2D eigenvalue weighted by molar-refractivity contribution is -0.119. The second-order valence-corrected chi connectivity index (χ2v) is 5.21. The topological polar surface area (TPSA) is 23.6 Å². The van der Waals surface area contributed by atoms with Crippen molar-refractivity contribution in [3.8, 4) is 0 Å². The maximum Gasteiger partial charge on any atom is 0.245 e. The fourth-order valence-electron chi connectivity index (χ4n) is 3.31. The summed E-state index contributed by atoms with van der Waals surface area (Å²) in [5, 5.41) is 0. The molecular formula is C15H20N2O. The third-order valence-corrected chi connectivity index (χ3v) is 4.08. The van der Waals surface area contributed by atoms with E-state index in [0.717, 1.165) is 31.5 Å². The van der Waals surface area contributed by atoms with Crippen LogP contribution in [-0.4, -0.2) is 29.6 Å². The fraction of sp³-hybridized carbons (Fsp3) is 0.533. The molecule has 1 aromatic rings. The Balaban J connectivity index is 1.94. The molecule has 2 aliphatic rings. The maximum absolute atomic E-state index is 12.6. The number of para-hydroxylation sites is 1. The molecule has 0 aliphatic carbocycles. The summed E-state index contributed by atoms with van der Waals surface area (Å²) < 4.78 is 0. The van der Waals surface area contributed by atoms with Crippen LogP contribution in [0.1, 0.15) is 32.6 Å². The molecule has 0 radical (unpaired) electrons. The van der Waals surface area contributed by atoms with Crippen LogP contribution in [0.15, 0.2) is 30.3 Å². The summed E-state index contributed by atoms with van der Waals surface area (Å²) in [4.78, 5) is 17.0. The van der Waals surface area contributed by atoms with Gasteiger partial charge in [0.05, 0.1) is 12.2 Å². The van der Waals surface area contributed by atoms with Gasteiger partial charge in [-0.15, -0.1) is 0 Å². The van der Waals surface area contributed by atoms with Crippen LogP contribution in [-0.2, 0) is 4.79 Å². The minimum atomic E-state index is 0.141. The van der Waals surface area contributed by atoms with Gasteiger partial charge in [0.2, 0.25) is 5.91 Å². The highest BCUT2D eigenvalue weighted by Crippen LogP contribution is 2.35. The van der Waals surface area contributed by atoms with E-state index in [-0.39, 0.29) is 12.2 Å². The van der Waals surface area contributed by atoms with E-state index in [0.29, 0.717) is 5.91 Å². The Bertz CT molecular complexity index is 431. The van der Waals surface area contributed by atoms with E-state index in [1.165, 1.54) is 6.42 Å². The molecule has 3 nitrogen and oxygen atoms in total. The van der Waals surface area contributed by atoms with Crippen LogP contribution in [0.2, 0.25) is 0 Å². The largest absolute Gasteiger partial charge is 0.295 e. The molecule has 3 rings (SSSR count). The number of amides is 1.